The van der Waals surface area contributed by atoms with E-state index >= 15 is 0 Å². The monoisotopic (exact) mass is 475 g/mol. The van der Waals surface area contributed by atoms with Crippen molar-refractivity contribution in [2.45, 2.75) is 19.9 Å². The summed E-state index contributed by atoms with van der Waals surface area (Å²) < 4.78 is 0. The Morgan fingerprint density at radius 1 is 0.971 bits per heavy atom. The topological polar surface area (TPSA) is 69.7 Å². The van der Waals surface area contributed by atoms with Crippen LogP contribution in [0.3, 0.4) is 0 Å². The van der Waals surface area contributed by atoms with Crippen LogP contribution in [-0.4, -0.2) is 43.3 Å². The Morgan fingerprint density at radius 2 is 1.68 bits per heavy atom. The van der Waals surface area contributed by atoms with Crippen LogP contribution in [0.15, 0.2) is 60.7 Å². The first kappa shape index (κ1) is 23.7. The van der Waals surface area contributed by atoms with Gasteiger partial charge in [-0.05, 0) is 75.0 Å². The predicted molar refractivity (Wildman–Crippen MR) is 134 cm³/mol. The average Bonchev–Trinajstić information content (AvgIpc) is 3.05. The summed E-state index contributed by atoms with van der Waals surface area (Å²) in [6.45, 7) is 4.10. The lowest BCUT2D eigenvalue weighted by atomic mass is 10.0. The zero-order chi connectivity index (χ0) is 24.6. The molecule has 0 spiro atoms. The summed E-state index contributed by atoms with van der Waals surface area (Å²) in [7, 11) is 3.84. The Bertz CT molecular complexity index is 1300. The van der Waals surface area contributed by atoms with Crippen molar-refractivity contribution >= 4 is 35.0 Å². The number of halogens is 1. The van der Waals surface area contributed by atoms with Gasteiger partial charge >= 0.3 is 0 Å². The molecule has 3 aromatic rings. The van der Waals surface area contributed by atoms with Crippen LogP contribution in [-0.2, 0) is 0 Å². The molecule has 0 aliphatic carbocycles. The standard InChI is InChI=1S/C27H26ClN3O3/c1-16-9-10-17(2)23(13-16)31-26(33)19-12-11-18(14-21(19)27(31)34)25(32)29-15-24(30(3)4)20-7-5-6-8-22(20)28/h5-14,24H,15H2,1-4H3,(H,29,32). The van der Waals surface area contributed by atoms with Crippen molar-refractivity contribution in [2.24, 2.45) is 0 Å². The molecule has 174 valence electrons. The summed E-state index contributed by atoms with van der Waals surface area (Å²) in [6, 6.07) is 17.6. The summed E-state index contributed by atoms with van der Waals surface area (Å²) in [5.41, 5.74) is 4.09. The first-order valence-corrected chi connectivity index (χ1v) is 11.4. The number of carbonyl (C=O) groups excluding carboxylic acids is 3. The third-order valence-electron chi connectivity index (χ3n) is 6.10. The van der Waals surface area contributed by atoms with E-state index in [2.05, 4.69) is 5.32 Å². The number of hydrogen-bond acceptors (Lipinski definition) is 4. The minimum absolute atomic E-state index is 0.130. The maximum Gasteiger partial charge on any atom is 0.266 e. The van der Waals surface area contributed by atoms with Crippen LogP contribution in [0.25, 0.3) is 0 Å². The Labute approximate surface area is 204 Å². The number of amides is 3. The van der Waals surface area contributed by atoms with Crippen molar-refractivity contribution in [2.75, 3.05) is 25.5 Å². The van der Waals surface area contributed by atoms with Crippen LogP contribution in [0.5, 0.6) is 0 Å². The quantitative estimate of drug-likeness (QED) is 0.520. The predicted octanol–water partition coefficient (Wildman–Crippen LogP) is 4.79. The number of benzene rings is 3. The molecule has 3 amide bonds. The van der Waals surface area contributed by atoms with E-state index in [0.717, 1.165) is 16.7 Å². The van der Waals surface area contributed by atoms with Crippen LogP contribution in [0.1, 0.15) is 53.8 Å². The van der Waals surface area contributed by atoms with Crippen molar-refractivity contribution in [1.29, 1.82) is 0 Å². The molecule has 0 saturated carbocycles. The SMILES string of the molecule is Cc1ccc(C)c(N2C(=O)c3ccc(C(=O)NCC(c4ccccc4Cl)N(C)C)cc3C2=O)c1. The number of aryl methyl sites for hydroxylation is 2. The molecule has 1 aliphatic rings. The molecule has 3 aromatic carbocycles. The lowest BCUT2D eigenvalue weighted by Crippen LogP contribution is -2.34. The molecule has 4 rings (SSSR count). The number of imide groups is 1. The molecule has 1 aliphatic heterocycles. The number of fused-ring (bicyclic) bond motifs is 1. The fourth-order valence-electron chi connectivity index (χ4n) is 4.17. The molecule has 1 N–H and O–H groups in total. The van der Waals surface area contributed by atoms with Gasteiger partial charge in [0, 0.05) is 17.1 Å². The van der Waals surface area contributed by atoms with Gasteiger partial charge in [-0.3, -0.25) is 14.4 Å². The van der Waals surface area contributed by atoms with E-state index in [1.807, 2.05) is 75.3 Å². The van der Waals surface area contributed by atoms with Gasteiger partial charge in [-0.2, -0.15) is 0 Å². The second kappa shape index (κ2) is 9.41. The summed E-state index contributed by atoms with van der Waals surface area (Å²) in [5, 5.41) is 3.56. The van der Waals surface area contributed by atoms with Crippen molar-refractivity contribution in [3.63, 3.8) is 0 Å². The Morgan fingerprint density at radius 3 is 2.38 bits per heavy atom. The van der Waals surface area contributed by atoms with Gasteiger partial charge in [0.05, 0.1) is 22.9 Å². The first-order valence-electron chi connectivity index (χ1n) is 11.0. The number of nitrogens with one attached hydrogen (secondary N) is 1. The highest BCUT2D eigenvalue weighted by Gasteiger charge is 2.37. The van der Waals surface area contributed by atoms with Crippen LogP contribution < -0.4 is 10.2 Å². The second-order valence-corrected chi connectivity index (χ2v) is 9.11. The minimum Gasteiger partial charge on any atom is -0.350 e. The van der Waals surface area contributed by atoms with E-state index < -0.39 is 5.91 Å². The van der Waals surface area contributed by atoms with Crippen LogP contribution in [0, 0.1) is 13.8 Å². The molecular formula is C27H26ClN3O3. The third-order valence-corrected chi connectivity index (χ3v) is 6.44. The highest BCUT2D eigenvalue weighted by Crippen LogP contribution is 2.32. The second-order valence-electron chi connectivity index (χ2n) is 8.71. The summed E-state index contributed by atoms with van der Waals surface area (Å²) in [5.74, 6) is -1.13. The zero-order valence-corrected chi connectivity index (χ0v) is 20.3. The van der Waals surface area contributed by atoms with Crippen molar-refractivity contribution in [3.8, 4) is 0 Å². The molecule has 0 aromatic heterocycles. The van der Waals surface area contributed by atoms with Gasteiger partial charge in [0.25, 0.3) is 17.7 Å². The van der Waals surface area contributed by atoms with E-state index in [9.17, 15) is 14.4 Å². The van der Waals surface area contributed by atoms with Crippen LogP contribution in [0.4, 0.5) is 5.69 Å². The van der Waals surface area contributed by atoms with Gasteiger partial charge in [0.15, 0.2) is 0 Å². The molecule has 0 bridgehead atoms. The third kappa shape index (κ3) is 4.34. The molecule has 0 radical (unpaired) electrons. The average molecular weight is 476 g/mol. The zero-order valence-electron chi connectivity index (χ0n) is 19.6. The van der Waals surface area contributed by atoms with Crippen molar-refractivity contribution in [3.05, 3.63) is 99.1 Å². The molecule has 0 saturated heterocycles. The van der Waals surface area contributed by atoms with Gasteiger partial charge in [-0.25, -0.2) is 4.90 Å². The minimum atomic E-state index is -0.425. The highest BCUT2D eigenvalue weighted by atomic mass is 35.5. The molecule has 6 nitrogen and oxygen atoms in total. The number of hydrogen-bond donors (Lipinski definition) is 1. The largest absolute Gasteiger partial charge is 0.350 e. The van der Waals surface area contributed by atoms with E-state index in [4.69, 9.17) is 11.6 Å². The molecular weight excluding hydrogens is 450 g/mol. The van der Waals surface area contributed by atoms with Crippen molar-refractivity contribution < 1.29 is 14.4 Å². The maximum atomic E-state index is 13.2. The van der Waals surface area contributed by atoms with E-state index in [1.54, 1.807) is 12.1 Å². The van der Waals surface area contributed by atoms with E-state index in [-0.39, 0.29) is 23.4 Å². The molecule has 1 atom stereocenters. The lowest BCUT2D eigenvalue weighted by molar-refractivity contribution is 0.0922. The van der Waals surface area contributed by atoms with Gasteiger partial charge in [0.2, 0.25) is 0 Å². The number of rotatable bonds is 6. The molecule has 1 heterocycles. The molecule has 0 fully saturated rings. The molecule has 34 heavy (non-hydrogen) atoms. The fourth-order valence-corrected chi connectivity index (χ4v) is 4.43. The number of nitrogens with zero attached hydrogens (tertiary/aromatic N) is 2. The van der Waals surface area contributed by atoms with Gasteiger partial charge in [-0.1, -0.05) is 41.9 Å². The first-order chi connectivity index (χ1) is 16.2. The Balaban J connectivity index is 1.56. The number of likely N-dealkylation sites (N-methyl/N-ethyl adjacent to an activating group) is 1. The van der Waals surface area contributed by atoms with Crippen LogP contribution in [0.2, 0.25) is 5.02 Å². The van der Waals surface area contributed by atoms with E-state index in [1.165, 1.54) is 11.0 Å². The maximum absolute atomic E-state index is 13.2. The van der Waals surface area contributed by atoms with Gasteiger partial charge < -0.3 is 10.2 Å². The number of anilines is 1. The molecule has 1 unspecified atom stereocenters. The smallest absolute Gasteiger partial charge is 0.266 e. The van der Waals surface area contributed by atoms with Crippen LogP contribution >= 0.6 is 11.6 Å². The Hall–Kier alpha value is -3.48. The normalized spacial score (nSPS) is 13.9. The highest BCUT2D eigenvalue weighted by molar-refractivity contribution is 6.35. The summed E-state index contributed by atoms with van der Waals surface area (Å²) in [4.78, 5) is 42.3. The molecule has 7 heteroatoms. The van der Waals surface area contributed by atoms with E-state index in [0.29, 0.717) is 28.4 Å². The lowest BCUT2D eigenvalue weighted by Gasteiger charge is -2.26. The summed E-state index contributed by atoms with van der Waals surface area (Å²) >= 11 is 6.36. The fraction of sp³-hybridized carbons (Fsp3) is 0.222. The Kier molecular flexibility index (Phi) is 6.55. The summed E-state index contributed by atoms with van der Waals surface area (Å²) in [6.07, 6.45) is 0. The van der Waals surface area contributed by atoms with Gasteiger partial charge in [0.1, 0.15) is 0 Å². The van der Waals surface area contributed by atoms with Gasteiger partial charge in [-0.15, -0.1) is 0 Å². The van der Waals surface area contributed by atoms with Crippen molar-refractivity contribution in [1.82, 2.24) is 10.2 Å². The number of carbonyl (C=O) groups is 3.